The van der Waals surface area contributed by atoms with Crippen molar-refractivity contribution >= 4 is 51.6 Å². The highest BCUT2D eigenvalue weighted by atomic mass is 127. The van der Waals surface area contributed by atoms with Crippen molar-refractivity contribution in [3.8, 4) is 23.8 Å². The molecule has 0 aromatic heterocycles. The first-order valence-corrected chi connectivity index (χ1v) is 9.30. The number of carbonyl (C=O) groups excluding carboxylic acids is 2. The molecule has 1 aliphatic rings. The quantitative estimate of drug-likeness (QED) is 0.262. The lowest BCUT2D eigenvalue weighted by Gasteiger charge is -2.14. The van der Waals surface area contributed by atoms with Crippen molar-refractivity contribution in [1.29, 1.82) is 0 Å². The van der Waals surface area contributed by atoms with Crippen molar-refractivity contribution < 1.29 is 19.1 Å². The van der Waals surface area contributed by atoms with Gasteiger partial charge in [-0.05, 0) is 65.0 Å². The smallest absolute Gasteiger partial charge is 0.294 e. The summed E-state index contributed by atoms with van der Waals surface area (Å²) in [6.07, 6.45) is 8.51. The average molecular weight is 469 g/mol. The molecule has 5 nitrogen and oxygen atoms in total. The number of nitrogens with zero attached hydrogens (tertiary/aromatic N) is 1. The molecule has 1 heterocycles. The van der Waals surface area contributed by atoms with Gasteiger partial charge in [0.25, 0.3) is 11.1 Å². The summed E-state index contributed by atoms with van der Waals surface area (Å²) in [5.74, 6) is 3.13. The van der Waals surface area contributed by atoms with Crippen LogP contribution in [-0.2, 0) is 4.79 Å². The van der Waals surface area contributed by atoms with E-state index in [1.807, 2.05) is 13.0 Å². The monoisotopic (exact) mass is 469 g/mol. The van der Waals surface area contributed by atoms with E-state index in [0.29, 0.717) is 29.6 Å². The van der Waals surface area contributed by atoms with Gasteiger partial charge in [0, 0.05) is 0 Å². The number of ether oxygens (including phenoxy) is 2. The van der Waals surface area contributed by atoms with E-state index in [-0.39, 0.29) is 17.7 Å². The topological polar surface area (TPSA) is 55.8 Å². The van der Waals surface area contributed by atoms with Crippen LogP contribution in [0, 0.1) is 15.9 Å². The molecule has 0 saturated carbocycles. The number of carbonyl (C=O) groups is 2. The van der Waals surface area contributed by atoms with Gasteiger partial charge in [-0.15, -0.1) is 6.42 Å². The number of thioether (sulfide) groups is 1. The van der Waals surface area contributed by atoms with E-state index in [0.717, 1.165) is 25.8 Å². The number of terminal acetylenes is 1. The second-order valence-electron chi connectivity index (χ2n) is 4.83. The number of hydrogen-bond donors (Lipinski definition) is 0. The summed E-state index contributed by atoms with van der Waals surface area (Å²) in [5, 5.41) is -0.361. The zero-order valence-electron chi connectivity index (χ0n) is 13.6. The molecule has 0 bridgehead atoms. The molecule has 2 rings (SSSR count). The summed E-state index contributed by atoms with van der Waals surface area (Å²) in [7, 11) is 0. The number of benzene rings is 1. The van der Waals surface area contributed by atoms with Gasteiger partial charge in [-0.25, -0.2) is 0 Å². The second-order valence-corrected chi connectivity index (χ2v) is 6.99. The van der Waals surface area contributed by atoms with Crippen molar-refractivity contribution in [3.63, 3.8) is 0 Å². The van der Waals surface area contributed by atoms with Crippen LogP contribution in [0.4, 0.5) is 4.79 Å². The van der Waals surface area contributed by atoms with Gasteiger partial charge in [-0.1, -0.05) is 18.6 Å². The standard InChI is InChI=1S/C18H16INO4S/c1-4-7-20-17(21)15(25-18(20)22)11-12-9-13(19)16(24-8-5-2)14(10-12)23-6-3/h1,5,9-11H,2,6-8H2,3H3. The number of halogens is 1. The van der Waals surface area contributed by atoms with E-state index < -0.39 is 0 Å². The summed E-state index contributed by atoms with van der Waals surface area (Å²) < 4.78 is 12.1. The van der Waals surface area contributed by atoms with Gasteiger partial charge in [-0.2, -0.15) is 0 Å². The fourth-order valence-corrected chi connectivity index (χ4v) is 3.71. The molecule has 0 atom stereocenters. The Morgan fingerprint density at radius 3 is 2.80 bits per heavy atom. The summed E-state index contributed by atoms with van der Waals surface area (Å²) in [5.41, 5.74) is 0.741. The SMILES string of the molecule is C#CCN1C(=O)SC(=Cc2cc(I)c(OCC=C)c(OCC)c2)C1=O. The maximum atomic E-state index is 12.3. The molecule has 7 heteroatoms. The minimum atomic E-state index is -0.382. The predicted octanol–water partition coefficient (Wildman–Crippen LogP) is 3.92. The highest BCUT2D eigenvalue weighted by Crippen LogP contribution is 2.37. The third-order valence-electron chi connectivity index (χ3n) is 3.10. The van der Waals surface area contributed by atoms with Crippen LogP contribution in [0.1, 0.15) is 12.5 Å². The van der Waals surface area contributed by atoms with Crippen molar-refractivity contribution in [1.82, 2.24) is 4.90 Å². The van der Waals surface area contributed by atoms with Crippen LogP contribution in [0.25, 0.3) is 6.08 Å². The first-order chi connectivity index (χ1) is 12.0. The van der Waals surface area contributed by atoms with Gasteiger partial charge in [0.05, 0.1) is 21.6 Å². The molecule has 130 valence electrons. The Morgan fingerprint density at radius 1 is 1.40 bits per heavy atom. The Hall–Kier alpha value is -1.92. The molecule has 2 amide bonds. The lowest BCUT2D eigenvalue weighted by molar-refractivity contribution is -0.122. The number of imide groups is 1. The normalized spacial score (nSPS) is 15.4. The Morgan fingerprint density at radius 2 is 2.16 bits per heavy atom. The minimum Gasteiger partial charge on any atom is -0.490 e. The molecule has 0 unspecified atom stereocenters. The number of amides is 2. The van der Waals surface area contributed by atoms with E-state index in [2.05, 4.69) is 35.1 Å². The Balaban J connectivity index is 2.37. The predicted molar refractivity (Wildman–Crippen MR) is 108 cm³/mol. The van der Waals surface area contributed by atoms with Crippen LogP contribution >= 0.6 is 34.4 Å². The molecular weight excluding hydrogens is 453 g/mol. The fourth-order valence-electron chi connectivity index (χ4n) is 2.10. The molecule has 0 N–H and O–H groups in total. The van der Waals surface area contributed by atoms with Crippen LogP contribution in [0.3, 0.4) is 0 Å². The van der Waals surface area contributed by atoms with E-state index >= 15 is 0 Å². The van der Waals surface area contributed by atoms with E-state index in [1.165, 1.54) is 0 Å². The van der Waals surface area contributed by atoms with E-state index in [9.17, 15) is 9.59 Å². The van der Waals surface area contributed by atoms with Gasteiger partial charge in [0.15, 0.2) is 11.5 Å². The lowest BCUT2D eigenvalue weighted by Crippen LogP contribution is -2.28. The molecular formula is C18H16INO4S. The third-order valence-corrected chi connectivity index (χ3v) is 4.81. The van der Waals surface area contributed by atoms with Gasteiger partial charge in [0.1, 0.15) is 6.61 Å². The average Bonchev–Trinajstić information content (AvgIpc) is 2.82. The van der Waals surface area contributed by atoms with Crippen LogP contribution in [0.2, 0.25) is 0 Å². The van der Waals surface area contributed by atoms with Gasteiger partial charge < -0.3 is 9.47 Å². The Kier molecular flexibility index (Phi) is 6.96. The molecule has 1 aromatic carbocycles. The maximum absolute atomic E-state index is 12.3. The molecule has 0 spiro atoms. The molecule has 1 aromatic rings. The van der Waals surface area contributed by atoms with Crippen molar-refractivity contribution in [3.05, 3.63) is 38.8 Å². The maximum Gasteiger partial charge on any atom is 0.294 e. The van der Waals surface area contributed by atoms with Crippen molar-refractivity contribution in [2.75, 3.05) is 19.8 Å². The van der Waals surface area contributed by atoms with Crippen LogP contribution in [0.5, 0.6) is 11.5 Å². The number of hydrogen-bond acceptors (Lipinski definition) is 5. The zero-order valence-corrected chi connectivity index (χ0v) is 16.6. The van der Waals surface area contributed by atoms with E-state index in [1.54, 1.807) is 18.2 Å². The first kappa shape index (κ1) is 19.4. The largest absolute Gasteiger partial charge is 0.490 e. The molecule has 25 heavy (non-hydrogen) atoms. The third kappa shape index (κ3) is 4.58. The van der Waals surface area contributed by atoms with Crippen LogP contribution < -0.4 is 9.47 Å². The molecule has 1 saturated heterocycles. The van der Waals surface area contributed by atoms with Gasteiger partial charge in [0.2, 0.25) is 0 Å². The highest BCUT2D eigenvalue weighted by Gasteiger charge is 2.34. The van der Waals surface area contributed by atoms with Crippen molar-refractivity contribution in [2.45, 2.75) is 6.92 Å². The molecule has 0 radical (unpaired) electrons. The Labute approximate surface area is 164 Å². The first-order valence-electron chi connectivity index (χ1n) is 7.40. The van der Waals surface area contributed by atoms with E-state index in [4.69, 9.17) is 15.9 Å². The summed E-state index contributed by atoms with van der Waals surface area (Å²) in [6, 6.07) is 3.63. The minimum absolute atomic E-state index is 0.0297. The van der Waals surface area contributed by atoms with Gasteiger partial charge in [-0.3, -0.25) is 14.5 Å². The van der Waals surface area contributed by atoms with Crippen molar-refractivity contribution in [2.24, 2.45) is 0 Å². The molecule has 1 fully saturated rings. The van der Waals surface area contributed by atoms with Gasteiger partial charge >= 0.3 is 0 Å². The highest BCUT2D eigenvalue weighted by molar-refractivity contribution is 14.1. The van der Waals surface area contributed by atoms with Crippen LogP contribution in [0.15, 0.2) is 29.7 Å². The summed E-state index contributed by atoms with van der Waals surface area (Å²) in [4.78, 5) is 25.5. The summed E-state index contributed by atoms with van der Waals surface area (Å²) >= 11 is 3.02. The summed E-state index contributed by atoms with van der Waals surface area (Å²) in [6.45, 7) is 6.32. The zero-order chi connectivity index (χ0) is 18.4. The molecule has 0 aliphatic carbocycles. The number of rotatable bonds is 7. The van der Waals surface area contributed by atoms with Crippen LogP contribution in [-0.4, -0.2) is 35.8 Å². The lowest BCUT2D eigenvalue weighted by atomic mass is 10.2. The second kappa shape index (κ2) is 8.97. The fraction of sp³-hybridized carbons (Fsp3) is 0.222. The molecule has 1 aliphatic heterocycles. The Bertz CT molecular complexity index is 782.